The minimum Gasteiger partial charge on any atom is -0.339 e. The van der Waals surface area contributed by atoms with E-state index in [2.05, 4.69) is 34.4 Å². The lowest BCUT2D eigenvalue weighted by Crippen LogP contribution is -2.44. The number of rotatable bonds is 7. The Bertz CT molecular complexity index is 1420. The number of hydrogen-bond donors (Lipinski definition) is 1. The summed E-state index contributed by atoms with van der Waals surface area (Å²) in [5.74, 6) is -0.0697. The first-order valence-electron chi connectivity index (χ1n) is 13.8. The molecule has 5 rings (SSSR count). The highest BCUT2D eigenvalue weighted by Gasteiger charge is 2.30. The number of nitrogens with one attached hydrogen (secondary N) is 1. The van der Waals surface area contributed by atoms with Gasteiger partial charge in [0.2, 0.25) is 11.9 Å². The molecule has 2 aliphatic heterocycles. The molecule has 0 aliphatic carbocycles. The molecule has 4 heterocycles. The lowest BCUT2D eigenvalue weighted by molar-refractivity contribution is -0.148. The van der Waals surface area contributed by atoms with Crippen molar-refractivity contribution in [1.29, 1.82) is 0 Å². The highest BCUT2D eigenvalue weighted by molar-refractivity contribution is 5.94. The molecule has 2 aromatic heterocycles. The Kier molecular flexibility index (Phi) is 8.30. The number of piperidine rings is 1. The second-order valence-corrected chi connectivity index (χ2v) is 10.7. The van der Waals surface area contributed by atoms with Gasteiger partial charge in [0, 0.05) is 61.7 Å². The molecular weight excluding hydrogens is 535 g/mol. The average Bonchev–Trinajstić information content (AvgIpc) is 3.38. The van der Waals surface area contributed by atoms with Gasteiger partial charge in [-0.05, 0) is 75.3 Å². The first-order chi connectivity index (χ1) is 19.6. The van der Waals surface area contributed by atoms with Crippen LogP contribution in [-0.4, -0.2) is 93.6 Å². The summed E-state index contributed by atoms with van der Waals surface area (Å²) in [4.78, 5) is 35.4. The fourth-order valence-electron chi connectivity index (χ4n) is 5.35. The summed E-state index contributed by atoms with van der Waals surface area (Å²) < 4.78 is 39.1. The number of carbonyl (C=O) groups is 2. The Labute approximate surface area is 236 Å². The van der Waals surface area contributed by atoms with E-state index in [9.17, 15) is 22.8 Å². The van der Waals surface area contributed by atoms with Crippen molar-refractivity contribution in [3.63, 3.8) is 0 Å². The van der Waals surface area contributed by atoms with Crippen LogP contribution in [0.3, 0.4) is 0 Å². The molecule has 1 saturated heterocycles. The van der Waals surface area contributed by atoms with Crippen LogP contribution >= 0.6 is 0 Å². The van der Waals surface area contributed by atoms with Crippen LogP contribution in [0.25, 0.3) is 11.2 Å². The monoisotopic (exact) mass is 569 g/mol. The number of hydrogen-bond acceptors (Lipinski definition) is 6. The molecule has 41 heavy (non-hydrogen) atoms. The predicted octanol–water partition coefficient (Wildman–Crippen LogP) is 4.60. The van der Waals surface area contributed by atoms with Crippen LogP contribution in [0.5, 0.6) is 0 Å². The van der Waals surface area contributed by atoms with Gasteiger partial charge in [0.05, 0.1) is 6.42 Å². The molecule has 9 nitrogen and oxygen atoms in total. The Morgan fingerprint density at radius 2 is 1.78 bits per heavy atom. The maximum absolute atomic E-state index is 13.0. The third kappa shape index (κ3) is 6.87. The minimum absolute atomic E-state index is 0.0330. The molecule has 12 heteroatoms. The van der Waals surface area contributed by atoms with Crippen LogP contribution in [0.4, 0.5) is 24.8 Å². The maximum atomic E-state index is 13.0. The van der Waals surface area contributed by atoms with Gasteiger partial charge in [-0.3, -0.25) is 9.59 Å². The molecule has 0 spiro atoms. The second kappa shape index (κ2) is 11.9. The number of pyridine rings is 1. The van der Waals surface area contributed by atoms with E-state index in [1.54, 1.807) is 22.8 Å². The molecule has 3 aromatic rings. The highest BCUT2D eigenvalue weighted by atomic mass is 19.4. The van der Waals surface area contributed by atoms with Crippen molar-refractivity contribution in [2.24, 2.45) is 0 Å². The molecule has 2 aliphatic rings. The molecule has 218 valence electrons. The Hall–Kier alpha value is -3.93. The van der Waals surface area contributed by atoms with Crippen molar-refractivity contribution in [2.75, 3.05) is 45.6 Å². The summed E-state index contributed by atoms with van der Waals surface area (Å²) in [5, 5.41) is 7.72. The van der Waals surface area contributed by atoms with Crippen molar-refractivity contribution >= 4 is 34.7 Å². The first kappa shape index (κ1) is 28.6. The molecule has 1 N–H and O–H groups in total. The van der Waals surface area contributed by atoms with Gasteiger partial charge >= 0.3 is 6.18 Å². The number of aromatic nitrogens is 3. The highest BCUT2D eigenvalue weighted by Crippen LogP contribution is 2.28. The van der Waals surface area contributed by atoms with Gasteiger partial charge in [0.1, 0.15) is 0 Å². The summed E-state index contributed by atoms with van der Waals surface area (Å²) in [6.07, 6.45) is 0.109. The largest absolute Gasteiger partial charge is 0.389 e. The number of nitrogens with zero attached hydrogens (tertiary/aromatic N) is 6. The van der Waals surface area contributed by atoms with Crippen LogP contribution in [0.1, 0.15) is 48.0 Å². The fourth-order valence-corrected chi connectivity index (χ4v) is 5.35. The average molecular weight is 570 g/mol. The molecule has 0 unspecified atom stereocenters. The predicted molar refractivity (Wildman–Crippen MR) is 150 cm³/mol. The minimum atomic E-state index is -4.34. The van der Waals surface area contributed by atoms with Gasteiger partial charge in [-0.2, -0.15) is 18.2 Å². The summed E-state index contributed by atoms with van der Waals surface area (Å²) in [6, 6.07) is 11.6. The van der Waals surface area contributed by atoms with E-state index in [0.29, 0.717) is 36.2 Å². The van der Waals surface area contributed by atoms with E-state index >= 15 is 0 Å². The third-order valence-electron chi connectivity index (χ3n) is 7.76. The van der Waals surface area contributed by atoms with Crippen molar-refractivity contribution in [3.05, 3.63) is 59.8 Å². The Morgan fingerprint density at radius 1 is 1.05 bits per heavy atom. The van der Waals surface area contributed by atoms with Crippen molar-refractivity contribution in [2.45, 2.75) is 44.3 Å². The van der Waals surface area contributed by atoms with Crippen LogP contribution in [0.15, 0.2) is 48.7 Å². The lowest BCUT2D eigenvalue weighted by Gasteiger charge is -2.35. The van der Waals surface area contributed by atoms with Crippen molar-refractivity contribution in [3.8, 4) is 0 Å². The standard InChI is InChI=1S/C29H34F3N7O2/c1-36(2)23-12-18-38(19-13-23)27(41)21-5-7-22(8-6-21)33-28-34-26-24(4-3-15-39(26)35-28)20-10-16-37(17-11-20)25(40)9-14-29(30,31)32/h3-8,10,15,23H,9,11-14,16-19H2,1-2H3,(H,33,35). The number of anilines is 2. The molecule has 0 radical (unpaired) electrons. The Balaban J connectivity index is 1.22. The quantitative estimate of drug-likeness (QED) is 0.448. The van der Waals surface area contributed by atoms with Crippen LogP contribution in [-0.2, 0) is 4.79 Å². The normalized spacial score (nSPS) is 16.8. The van der Waals surface area contributed by atoms with E-state index in [4.69, 9.17) is 0 Å². The zero-order valence-electron chi connectivity index (χ0n) is 23.2. The number of fused-ring (bicyclic) bond motifs is 1. The molecule has 0 bridgehead atoms. The Morgan fingerprint density at radius 3 is 2.41 bits per heavy atom. The molecule has 1 fully saturated rings. The topological polar surface area (TPSA) is 86.1 Å². The van der Waals surface area contributed by atoms with Gasteiger partial charge in [0.25, 0.3) is 5.91 Å². The van der Waals surface area contributed by atoms with E-state index in [1.165, 1.54) is 4.90 Å². The molecule has 0 atom stereocenters. The van der Waals surface area contributed by atoms with E-state index in [0.717, 1.165) is 42.8 Å². The zero-order valence-corrected chi connectivity index (χ0v) is 23.2. The number of carbonyl (C=O) groups excluding carboxylic acids is 2. The number of alkyl halides is 3. The van der Waals surface area contributed by atoms with Crippen molar-refractivity contribution in [1.82, 2.24) is 29.3 Å². The van der Waals surface area contributed by atoms with Gasteiger partial charge in [-0.1, -0.05) is 6.08 Å². The van der Waals surface area contributed by atoms with Gasteiger partial charge < -0.3 is 20.0 Å². The number of benzene rings is 1. The molecular formula is C29H34F3N7O2. The zero-order chi connectivity index (χ0) is 29.1. The fraction of sp³-hybridized carbons (Fsp3) is 0.448. The van der Waals surface area contributed by atoms with E-state index in [1.807, 2.05) is 35.2 Å². The number of halogens is 3. The summed E-state index contributed by atoms with van der Waals surface area (Å²) in [7, 11) is 4.15. The van der Waals surface area contributed by atoms with E-state index < -0.39 is 24.9 Å². The third-order valence-corrected chi connectivity index (χ3v) is 7.76. The number of likely N-dealkylation sites (tertiary alicyclic amines) is 1. The van der Waals surface area contributed by atoms with Crippen molar-refractivity contribution < 1.29 is 22.8 Å². The summed E-state index contributed by atoms with van der Waals surface area (Å²) in [5.41, 5.74) is 3.84. The SMILES string of the molecule is CN(C)C1CCN(C(=O)c2ccc(Nc3nc4c(C5=CCN(C(=O)CCC(F)(F)F)CC5)cccn4n3)cc2)CC1. The van der Waals surface area contributed by atoms with Crippen LogP contribution < -0.4 is 5.32 Å². The summed E-state index contributed by atoms with van der Waals surface area (Å²) in [6.45, 7) is 2.10. The van der Waals surface area contributed by atoms with Gasteiger partial charge in [0.15, 0.2) is 5.65 Å². The molecule has 0 saturated carbocycles. The number of amides is 2. The second-order valence-electron chi connectivity index (χ2n) is 10.7. The van der Waals surface area contributed by atoms with E-state index in [-0.39, 0.29) is 12.5 Å². The van der Waals surface area contributed by atoms with Crippen LogP contribution in [0.2, 0.25) is 0 Å². The molecule has 1 aromatic carbocycles. The maximum Gasteiger partial charge on any atom is 0.389 e. The lowest BCUT2D eigenvalue weighted by atomic mass is 10.00. The first-order valence-corrected chi connectivity index (χ1v) is 13.8. The summed E-state index contributed by atoms with van der Waals surface area (Å²) >= 11 is 0. The smallest absolute Gasteiger partial charge is 0.339 e. The molecule has 2 amide bonds. The van der Waals surface area contributed by atoms with Gasteiger partial charge in [-0.15, -0.1) is 5.10 Å². The van der Waals surface area contributed by atoms with Gasteiger partial charge in [-0.25, -0.2) is 4.52 Å². The van der Waals surface area contributed by atoms with Crippen LogP contribution in [0, 0.1) is 0 Å².